The summed E-state index contributed by atoms with van der Waals surface area (Å²) in [5.74, 6) is -0.0108. The van der Waals surface area contributed by atoms with Crippen molar-refractivity contribution in [3.63, 3.8) is 0 Å². The summed E-state index contributed by atoms with van der Waals surface area (Å²) in [4.78, 5) is 11.7. The van der Waals surface area contributed by atoms with E-state index in [1.807, 2.05) is 0 Å². The maximum atomic E-state index is 14.1. The van der Waals surface area contributed by atoms with E-state index in [4.69, 9.17) is 21.3 Å². The van der Waals surface area contributed by atoms with E-state index in [2.05, 4.69) is 15.0 Å². The largest absolute Gasteiger partial charge is 0.394 e. The molecule has 2 aromatic rings. The van der Waals surface area contributed by atoms with Crippen LogP contribution in [-0.4, -0.2) is 54.7 Å². The molecule has 20 heavy (non-hydrogen) atoms. The molecule has 1 saturated heterocycles. The van der Waals surface area contributed by atoms with Crippen molar-refractivity contribution < 1.29 is 19.3 Å². The van der Waals surface area contributed by atoms with Gasteiger partial charge < -0.3 is 26.4 Å². The fourth-order valence-electron chi connectivity index (χ4n) is 2.22. The Morgan fingerprint density at radius 2 is 2.15 bits per heavy atom. The highest BCUT2D eigenvalue weighted by Gasteiger charge is 2.45. The van der Waals surface area contributed by atoms with Crippen molar-refractivity contribution in [2.24, 2.45) is 0 Å². The number of nitrogens with zero attached hydrogens (tertiary/aromatic N) is 4. The van der Waals surface area contributed by atoms with Crippen LogP contribution in [0.3, 0.4) is 0 Å². The van der Waals surface area contributed by atoms with Crippen LogP contribution in [0.4, 0.5) is 16.2 Å². The molecule has 0 radical (unpaired) electrons. The van der Waals surface area contributed by atoms with Crippen LogP contribution in [0, 0.1) is 0 Å². The third kappa shape index (κ3) is 1.77. The number of hydrogen-bond acceptors (Lipinski definition) is 8. The fourth-order valence-corrected chi connectivity index (χ4v) is 2.22. The van der Waals surface area contributed by atoms with Gasteiger partial charge in [-0.15, -0.1) is 0 Å². The lowest BCUT2D eigenvalue weighted by Crippen LogP contribution is -2.30. The normalized spacial score (nSPS) is 30.1. The summed E-state index contributed by atoms with van der Waals surface area (Å²) >= 11 is 0. The third-order valence-electron chi connectivity index (χ3n) is 3.21. The quantitative estimate of drug-likeness (QED) is 0.525. The number of halogens is 1. The molecule has 1 fully saturated rings. The number of nitrogens with two attached hydrogens (primary N) is 2. The molecular formula is C10H13FN6O3. The smallest absolute Gasteiger partial charge is 0.224 e. The molecule has 0 saturated carbocycles. The minimum atomic E-state index is -1.73. The molecule has 0 bridgehead atoms. The first-order chi connectivity index (χ1) is 9.52. The van der Waals surface area contributed by atoms with E-state index in [1.54, 1.807) is 0 Å². The van der Waals surface area contributed by atoms with Crippen molar-refractivity contribution in [3.8, 4) is 0 Å². The van der Waals surface area contributed by atoms with Crippen LogP contribution in [0.25, 0.3) is 11.2 Å². The van der Waals surface area contributed by atoms with Gasteiger partial charge in [0.2, 0.25) is 5.95 Å². The van der Waals surface area contributed by atoms with Crippen LogP contribution < -0.4 is 11.5 Å². The van der Waals surface area contributed by atoms with Gasteiger partial charge in [0, 0.05) is 0 Å². The van der Waals surface area contributed by atoms with Crippen LogP contribution in [0.15, 0.2) is 6.33 Å². The fraction of sp³-hybridized carbons (Fsp3) is 0.500. The molecule has 0 amide bonds. The number of nitrogen functional groups attached to an aromatic ring is 2. The molecule has 0 aromatic carbocycles. The second-order valence-corrected chi connectivity index (χ2v) is 4.47. The van der Waals surface area contributed by atoms with Gasteiger partial charge in [-0.2, -0.15) is 9.97 Å². The van der Waals surface area contributed by atoms with E-state index in [-0.39, 0.29) is 22.9 Å². The van der Waals surface area contributed by atoms with E-state index in [0.29, 0.717) is 0 Å². The molecule has 1 aliphatic heterocycles. The Kier molecular flexibility index (Phi) is 2.92. The van der Waals surface area contributed by atoms with Crippen molar-refractivity contribution in [1.82, 2.24) is 19.5 Å². The molecule has 2 aromatic heterocycles. The zero-order valence-corrected chi connectivity index (χ0v) is 10.2. The molecule has 1 aliphatic rings. The lowest BCUT2D eigenvalue weighted by Gasteiger charge is -2.15. The van der Waals surface area contributed by atoms with Gasteiger partial charge in [0.25, 0.3) is 0 Å². The van der Waals surface area contributed by atoms with E-state index < -0.39 is 31.2 Å². The van der Waals surface area contributed by atoms with E-state index in [0.717, 1.165) is 0 Å². The second-order valence-electron chi connectivity index (χ2n) is 4.47. The minimum absolute atomic E-state index is 0.0684. The zero-order chi connectivity index (χ0) is 14.4. The third-order valence-corrected chi connectivity index (χ3v) is 3.21. The van der Waals surface area contributed by atoms with Gasteiger partial charge in [-0.1, -0.05) is 0 Å². The molecule has 4 unspecified atom stereocenters. The Morgan fingerprint density at radius 1 is 1.40 bits per heavy atom. The van der Waals surface area contributed by atoms with Crippen molar-refractivity contribution in [1.29, 1.82) is 0 Å². The minimum Gasteiger partial charge on any atom is -0.394 e. The van der Waals surface area contributed by atoms with Crippen LogP contribution in [-0.2, 0) is 4.74 Å². The molecule has 0 aliphatic carbocycles. The number of aliphatic hydroxyl groups is 2. The lowest BCUT2D eigenvalue weighted by molar-refractivity contribution is -0.0459. The maximum absolute atomic E-state index is 14.1. The van der Waals surface area contributed by atoms with Crippen molar-refractivity contribution in [2.75, 3.05) is 18.1 Å². The van der Waals surface area contributed by atoms with E-state index in [9.17, 15) is 9.50 Å². The van der Waals surface area contributed by atoms with Gasteiger partial charge in [0.15, 0.2) is 23.9 Å². The van der Waals surface area contributed by atoms with Gasteiger partial charge in [-0.3, -0.25) is 4.57 Å². The highest BCUT2D eigenvalue weighted by Crippen LogP contribution is 2.33. The summed E-state index contributed by atoms with van der Waals surface area (Å²) in [5, 5.41) is 18.7. The molecule has 9 nitrogen and oxygen atoms in total. The van der Waals surface area contributed by atoms with E-state index in [1.165, 1.54) is 10.9 Å². The number of ether oxygens (including phenoxy) is 1. The predicted octanol–water partition coefficient (Wildman–Crippen LogP) is -1.42. The first kappa shape index (κ1) is 13.0. The van der Waals surface area contributed by atoms with Crippen LogP contribution >= 0.6 is 0 Å². The Balaban J connectivity index is 2.07. The van der Waals surface area contributed by atoms with Gasteiger partial charge >= 0.3 is 0 Å². The van der Waals surface area contributed by atoms with Gasteiger partial charge in [-0.25, -0.2) is 9.37 Å². The predicted molar refractivity (Wildman–Crippen MR) is 66.0 cm³/mol. The highest BCUT2D eigenvalue weighted by molar-refractivity contribution is 5.82. The first-order valence-electron chi connectivity index (χ1n) is 5.87. The molecule has 10 heteroatoms. The molecule has 6 N–H and O–H groups in total. The Morgan fingerprint density at radius 3 is 2.80 bits per heavy atom. The van der Waals surface area contributed by atoms with Crippen molar-refractivity contribution in [2.45, 2.75) is 24.6 Å². The van der Waals surface area contributed by atoms with Crippen molar-refractivity contribution >= 4 is 22.9 Å². The lowest BCUT2D eigenvalue weighted by atomic mass is 10.1. The standard InChI is InChI=1S/C10H13FN6O3/c11-4-6(19)3(1-18)20-9(4)17-2-14-5-7(12)15-10(13)16-8(5)17/h2-4,6,9,18-19H,1H2,(H4,12,13,15,16). The first-order valence-corrected chi connectivity index (χ1v) is 5.87. The molecule has 3 heterocycles. The SMILES string of the molecule is Nc1nc(N)c2ncn(C3OC(CO)C(O)C3F)c2n1. The summed E-state index contributed by atoms with van der Waals surface area (Å²) in [6, 6.07) is 0. The van der Waals surface area contributed by atoms with Crippen LogP contribution in [0.2, 0.25) is 0 Å². The molecule has 3 rings (SSSR count). The zero-order valence-electron chi connectivity index (χ0n) is 10.2. The average molecular weight is 284 g/mol. The Labute approximate surface area is 112 Å². The maximum Gasteiger partial charge on any atom is 0.224 e. The Bertz CT molecular complexity index is 649. The van der Waals surface area contributed by atoms with Crippen LogP contribution in [0.1, 0.15) is 6.23 Å². The summed E-state index contributed by atoms with van der Waals surface area (Å²) in [7, 11) is 0. The summed E-state index contributed by atoms with van der Waals surface area (Å²) in [5.41, 5.74) is 11.6. The number of imidazole rings is 1. The van der Waals surface area contributed by atoms with E-state index >= 15 is 0 Å². The molecular weight excluding hydrogens is 271 g/mol. The van der Waals surface area contributed by atoms with Gasteiger partial charge in [0.1, 0.15) is 17.7 Å². The molecule has 4 atom stereocenters. The average Bonchev–Trinajstić information content (AvgIpc) is 2.93. The van der Waals surface area contributed by atoms with Gasteiger partial charge in [0.05, 0.1) is 12.9 Å². The number of alkyl halides is 1. The summed E-state index contributed by atoms with van der Waals surface area (Å²) in [6.07, 6.45) is -4.07. The number of aromatic nitrogens is 4. The number of fused-ring (bicyclic) bond motifs is 1. The second kappa shape index (κ2) is 4.51. The van der Waals surface area contributed by atoms with Crippen molar-refractivity contribution in [3.05, 3.63) is 6.33 Å². The van der Waals surface area contributed by atoms with Gasteiger partial charge in [-0.05, 0) is 0 Å². The number of rotatable bonds is 2. The highest BCUT2D eigenvalue weighted by atomic mass is 19.1. The topological polar surface area (TPSA) is 145 Å². The number of aliphatic hydroxyl groups excluding tert-OH is 2. The molecule has 108 valence electrons. The Hall–Kier alpha value is -2.04. The monoisotopic (exact) mass is 284 g/mol. The number of anilines is 2. The molecule has 0 spiro atoms. The summed E-state index contributed by atoms with van der Waals surface area (Å²) in [6.45, 7) is -0.496. The van der Waals surface area contributed by atoms with Crippen LogP contribution in [0.5, 0.6) is 0 Å². The summed E-state index contributed by atoms with van der Waals surface area (Å²) < 4.78 is 20.6. The number of hydrogen-bond donors (Lipinski definition) is 4.